The molecular formula is C14H17N3O3. The minimum Gasteiger partial charge on any atom is -0.481 e. The summed E-state index contributed by atoms with van der Waals surface area (Å²) in [5, 5.41) is 6.76. The zero-order valence-corrected chi connectivity index (χ0v) is 11.7. The Balaban J connectivity index is 1.93. The average molecular weight is 275 g/mol. The van der Waals surface area contributed by atoms with E-state index in [1.807, 2.05) is 13.8 Å². The van der Waals surface area contributed by atoms with Crippen LogP contribution in [0.3, 0.4) is 0 Å². The zero-order chi connectivity index (χ0) is 14.5. The second kappa shape index (κ2) is 6.18. The quantitative estimate of drug-likeness (QED) is 0.847. The fraction of sp³-hybridized carbons (Fsp3) is 0.357. The highest BCUT2D eigenvalue weighted by Crippen LogP contribution is 2.13. The SMILES string of the molecule is COc1ccc(COC(=O)c2cc(C(C)C)[nH]n2)cn1. The molecule has 0 atom stereocenters. The van der Waals surface area contributed by atoms with Crippen molar-refractivity contribution in [3.8, 4) is 5.88 Å². The summed E-state index contributed by atoms with van der Waals surface area (Å²) in [6.07, 6.45) is 1.61. The number of carbonyl (C=O) groups excluding carboxylic acids is 1. The van der Waals surface area contributed by atoms with Crippen LogP contribution in [0, 0.1) is 0 Å². The van der Waals surface area contributed by atoms with Gasteiger partial charge in [-0.25, -0.2) is 9.78 Å². The standard InChI is InChI=1S/C14H17N3O3/c1-9(2)11-6-12(17-16-11)14(18)20-8-10-4-5-13(19-3)15-7-10/h4-7,9H,8H2,1-3H3,(H,16,17). The molecule has 0 radical (unpaired) electrons. The second-order valence-corrected chi connectivity index (χ2v) is 4.65. The van der Waals surface area contributed by atoms with E-state index in [9.17, 15) is 4.79 Å². The number of rotatable bonds is 5. The predicted octanol–water partition coefficient (Wildman–Crippen LogP) is 2.29. The van der Waals surface area contributed by atoms with Crippen molar-refractivity contribution < 1.29 is 14.3 Å². The molecule has 2 rings (SSSR count). The topological polar surface area (TPSA) is 77.1 Å². The first-order valence-electron chi connectivity index (χ1n) is 6.31. The van der Waals surface area contributed by atoms with Gasteiger partial charge < -0.3 is 9.47 Å². The summed E-state index contributed by atoms with van der Waals surface area (Å²) in [5.74, 6) is 0.354. The summed E-state index contributed by atoms with van der Waals surface area (Å²) in [6, 6.07) is 5.22. The van der Waals surface area contributed by atoms with Gasteiger partial charge in [-0.3, -0.25) is 5.10 Å². The number of H-pyrrole nitrogens is 1. The number of nitrogens with zero attached hydrogens (tertiary/aromatic N) is 2. The van der Waals surface area contributed by atoms with Gasteiger partial charge in [0, 0.05) is 23.5 Å². The number of ether oxygens (including phenoxy) is 2. The van der Waals surface area contributed by atoms with Crippen molar-refractivity contribution in [1.82, 2.24) is 15.2 Å². The van der Waals surface area contributed by atoms with Crippen molar-refractivity contribution >= 4 is 5.97 Å². The van der Waals surface area contributed by atoms with E-state index in [0.717, 1.165) is 11.3 Å². The van der Waals surface area contributed by atoms with Gasteiger partial charge in [-0.15, -0.1) is 0 Å². The number of aromatic amines is 1. The molecule has 2 aromatic heterocycles. The molecule has 2 heterocycles. The fourth-order valence-corrected chi connectivity index (χ4v) is 1.58. The number of hydrogen-bond donors (Lipinski definition) is 1. The molecule has 6 nitrogen and oxygen atoms in total. The van der Waals surface area contributed by atoms with Gasteiger partial charge >= 0.3 is 5.97 Å². The van der Waals surface area contributed by atoms with E-state index in [1.54, 1.807) is 31.5 Å². The molecule has 1 N–H and O–H groups in total. The van der Waals surface area contributed by atoms with Crippen LogP contribution in [-0.4, -0.2) is 28.3 Å². The van der Waals surface area contributed by atoms with Crippen LogP contribution in [0.5, 0.6) is 5.88 Å². The summed E-state index contributed by atoms with van der Waals surface area (Å²) in [4.78, 5) is 15.9. The molecule has 0 amide bonds. The zero-order valence-electron chi connectivity index (χ0n) is 11.7. The van der Waals surface area contributed by atoms with Crippen LogP contribution in [-0.2, 0) is 11.3 Å². The molecule has 106 valence electrons. The summed E-state index contributed by atoms with van der Waals surface area (Å²) in [5.41, 5.74) is 1.98. The van der Waals surface area contributed by atoms with Crippen LogP contribution >= 0.6 is 0 Å². The van der Waals surface area contributed by atoms with E-state index in [2.05, 4.69) is 15.2 Å². The lowest BCUT2D eigenvalue weighted by Gasteiger charge is -2.03. The second-order valence-electron chi connectivity index (χ2n) is 4.65. The molecule has 6 heteroatoms. The minimum absolute atomic E-state index is 0.152. The maximum atomic E-state index is 11.8. The lowest BCUT2D eigenvalue weighted by molar-refractivity contribution is 0.0465. The van der Waals surface area contributed by atoms with Crippen LogP contribution in [0.15, 0.2) is 24.4 Å². The van der Waals surface area contributed by atoms with Crippen molar-refractivity contribution in [3.05, 3.63) is 41.3 Å². The number of pyridine rings is 1. The molecule has 20 heavy (non-hydrogen) atoms. The Morgan fingerprint density at radius 3 is 2.75 bits per heavy atom. The Morgan fingerprint density at radius 2 is 2.20 bits per heavy atom. The van der Waals surface area contributed by atoms with Gasteiger partial charge in [0.25, 0.3) is 0 Å². The van der Waals surface area contributed by atoms with E-state index in [4.69, 9.17) is 9.47 Å². The van der Waals surface area contributed by atoms with Crippen molar-refractivity contribution in [2.45, 2.75) is 26.4 Å². The smallest absolute Gasteiger partial charge is 0.359 e. The van der Waals surface area contributed by atoms with Gasteiger partial charge in [0.15, 0.2) is 5.69 Å². The highest BCUT2D eigenvalue weighted by molar-refractivity contribution is 5.87. The minimum atomic E-state index is -0.455. The maximum absolute atomic E-state index is 11.8. The third-order valence-corrected chi connectivity index (χ3v) is 2.81. The largest absolute Gasteiger partial charge is 0.481 e. The Labute approximate surface area is 117 Å². The summed E-state index contributed by atoms with van der Waals surface area (Å²) >= 11 is 0. The number of nitrogens with one attached hydrogen (secondary N) is 1. The van der Waals surface area contributed by atoms with Crippen LogP contribution in [0.4, 0.5) is 0 Å². The molecule has 0 aliphatic rings. The highest BCUT2D eigenvalue weighted by Gasteiger charge is 2.13. The highest BCUT2D eigenvalue weighted by atomic mass is 16.5. The first kappa shape index (κ1) is 14.0. The Bertz CT molecular complexity index is 576. The van der Waals surface area contributed by atoms with Crippen molar-refractivity contribution in [2.75, 3.05) is 7.11 Å². The molecular weight excluding hydrogens is 258 g/mol. The molecule has 0 saturated heterocycles. The van der Waals surface area contributed by atoms with E-state index in [-0.39, 0.29) is 18.2 Å². The number of carbonyl (C=O) groups is 1. The molecule has 0 bridgehead atoms. The first-order valence-corrected chi connectivity index (χ1v) is 6.31. The molecule has 0 spiro atoms. The number of methoxy groups -OCH3 is 1. The molecule has 0 fully saturated rings. The number of aromatic nitrogens is 3. The summed E-state index contributed by atoms with van der Waals surface area (Å²) in [6.45, 7) is 4.19. The van der Waals surface area contributed by atoms with Crippen LogP contribution in [0.2, 0.25) is 0 Å². The van der Waals surface area contributed by atoms with Crippen molar-refractivity contribution in [2.24, 2.45) is 0 Å². The normalized spacial score (nSPS) is 10.6. The molecule has 0 aromatic carbocycles. The van der Waals surface area contributed by atoms with E-state index in [0.29, 0.717) is 5.88 Å². The van der Waals surface area contributed by atoms with Crippen LogP contribution < -0.4 is 4.74 Å². The lowest BCUT2D eigenvalue weighted by Crippen LogP contribution is -2.06. The molecule has 0 unspecified atom stereocenters. The average Bonchev–Trinajstić information content (AvgIpc) is 2.95. The first-order chi connectivity index (χ1) is 9.60. The Kier molecular flexibility index (Phi) is 4.34. The lowest BCUT2D eigenvalue weighted by atomic mass is 10.1. The van der Waals surface area contributed by atoms with Gasteiger partial charge in [0.05, 0.1) is 7.11 Å². The van der Waals surface area contributed by atoms with Gasteiger partial charge in [-0.05, 0) is 18.1 Å². The van der Waals surface area contributed by atoms with Gasteiger partial charge in [0.2, 0.25) is 5.88 Å². The van der Waals surface area contributed by atoms with Crippen molar-refractivity contribution in [1.29, 1.82) is 0 Å². The maximum Gasteiger partial charge on any atom is 0.359 e. The van der Waals surface area contributed by atoms with Crippen LogP contribution in [0.1, 0.15) is 41.5 Å². The Morgan fingerprint density at radius 1 is 1.40 bits per heavy atom. The van der Waals surface area contributed by atoms with Gasteiger partial charge in [-0.1, -0.05) is 13.8 Å². The molecule has 0 aliphatic carbocycles. The third kappa shape index (κ3) is 3.34. The fourth-order valence-electron chi connectivity index (χ4n) is 1.58. The third-order valence-electron chi connectivity index (χ3n) is 2.81. The van der Waals surface area contributed by atoms with E-state index >= 15 is 0 Å². The van der Waals surface area contributed by atoms with E-state index in [1.165, 1.54) is 0 Å². The molecule has 2 aromatic rings. The molecule has 0 saturated carbocycles. The summed E-state index contributed by atoms with van der Waals surface area (Å²) < 4.78 is 10.1. The summed E-state index contributed by atoms with van der Waals surface area (Å²) in [7, 11) is 1.55. The Hall–Kier alpha value is -2.37. The van der Waals surface area contributed by atoms with E-state index < -0.39 is 5.97 Å². The predicted molar refractivity (Wildman–Crippen MR) is 72.6 cm³/mol. The van der Waals surface area contributed by atoms with Crippen LogP contribution in [0.25, 0.3) is 0 Å². The van der Waals surface area contributed by atoms with Gasteiger partial charge in [-0.2, -0.15) is 5.10 Å². The van der Waals surface area contributed by atoms with Crippen molar-refractivity contribution in [3.63, 3.8) is 0 Å². The number of esters is 1. The number of hydrogen-bond acceptors (Lipinski definition) is 5. The van der Waals surface area contributed by atoms with Gasteiger partial charge in [0.1, 0.15) is 6.61 Å². The molecule has 0 aliphatic heterocycles. The monoisotopic (exact) mass is 275 g/mol.